The van der Waals surface area contributed by atoms with Gasteiger partial charge in [-0.1, -0.05) is 41.9 Å². The van der Waals surface area contributed by atoms with E-state index in [1.54, 1.807) is 12.4 Å². The summed E-state index contributed by atoms with van der Waals surface area (Å²) in [5.41, 5.74) is 1.23. The Morgan fingerprint density at radius 3 is 2.47 bits per heavy atom. The lowest BCUT2D eigenvalue weighted by atomic mass is 10.2. The third kappa shape index (κ3) is 2.94. The van der Waals surface area contributed by atoms with Gasteiger partial charge in [-0.15, -0.1) is 0 Å². The summed E-state index contributed by atoms with van der Waals surface area (Å²) in [4.78, 5) is 10.4. The fourth-order valence-corrected chi connectivity index (χ4v) is 1.89. The van der Waals surface area contributed by atoms with Crippen molar-refractivity contribution in [3.05, 3.63) is 53.4 Å². The number of aromatic nitrogens is 2. The van der Waals surface area contributed by atoms with Crippen LogP contribution in [-0.4, -0.2) is 16.5 Å². The molecule has 0 aliphatic carbocycles. The molecule has 0 saturated carbocycles. The molecule has 0 bridgehead atoms. The molecule has 0 atom stereocenters. The van der Waals surface area contributed by atoms with E-state index in [1.807, 2.05) is 18.2 Å². The highest BCUT2D eigenvalue weighted by Gasteiger charge is 2.10. The summed E-state index contributed by atoms with van der Waals surface area (Å²) in [6.45, 7) is 3.71. The van der Waals surface area contributed by atoms with Crippen molar-refractivity contribution in [1.82, 2.24) is 9.97 Å². The van der Waals surface area contributed by atoms with E-state index < -0.39 is 0 Å². The molecule has 4 heteroatoms. The predicted molar refractivity (Wildman–Crippen MR) is 70.2 cm³/mol. The van der Waals surface area contributed by atoms with Gasteiger partial charge in [-0.25, -0.2) is 9.97 Å². The van der Waals surface area contributed by atoms with Crippen molar-refractivity contribution in [3.63, 3.8) is 0 Å². The summed E-state index contributed by atoms with van der Waals surface area (Å²) in [6, 6.07) is 10.2. The van der Waals surface area contributed by atoms with Gasteiger partial charge in [-0.05, 0) is 12.5 Å². The van der Waals surface area contributed by atoms with Crippen molar-refractivity contribution in [2.75, 3.05) is 11.4 Å². The monoisotopic (exact) mass is 247 g/mol. The first-order valence-electron chi connectivity index (χ1n) is 5.56. The van der Waals surface area contributed by atoms with Crippen LogP contribution in [0.3, 0.4) is 0 Å². The maximum atomic E-state index is 6.05. The summed E-state index contributed by atoms with van der Waals surface area (Å²) < 4.78 is 0. The first kappa shape index (κ1) is 11.9. The molecule has 88 valence electrons. The maximum Gasteiger partial charge on any atom is 0.171 e. The average molecular weight is 248 g/mol. The van der Waals surface area contributed by atoms with Crippen LogP contribution in [0.2, 0.25) is 5.15 Å². The van der Waals surface area contributed by atoms with Crippen LogP contribution in [0, 0.1) is 0 Å². The van der Waals surface area contributed by atoms with Crippen LogP contribution in [0.25, 0.3) is 0 Å². The molecule has 17 heavy (non-hydrogen) atoms. The average Bonchev–Trinajstić information content (AvgIpc) is 2.38. The Balaban J connectivity index is 2.21. The Bertz CT molecular complexity index is 473. The largest absolute Gasteiger partial charge is 0.350 e. The van der Waals surface area contributed by atoms with Gasteiger partial charge in [0.15, 0.2) is 11.0 Å². The van der Waals surface area contributed by atoms with Gasteiger partial charge in [-0.2, -0.15) is 0 Å². The fraction of sp³-hybridized carbons (Fsp3) is 0.231. The number of rotatable bonds is 4. The molecule has 0 fully saturated rings. The molecular weight excluding hydrogens is 234 g/mol. The van der Waals surface area contributed by atoms with E-state index in [0.29, 0.717) is 5.15 Å². The molecule has 3 nitrogen and oxygen atoms in total. The molecule has 0 radical (unpaired) electrons. The Kier molecular flexibility index (Phi) is 3.94. The zero-order chi connectivity index (χ0) is 12.1. The Morgan fingerprint density at radius 1 is 1.12 bits per heavy atom. The normalized spacial score (nSPS) is 10.2. The Morgan fingerprint density at radius 2 is 1.82 bits per heavy atom. The quantitative estimate of drug-likeness (QED) is 0.831. The van der Waals surface area contributed by atoms with Crippen molar-refractivity contribution < 1.29 is 0 Å². The molecule has 2 rings (SSSR count). The molecule has 0 N–H and O–H groups in total. The highest BCUT2D eigenvalue weighted by molar-refractivity contribution is 6.31. The van der Waals surface area contributed by atoms with Gasteiger partial charge in [-0.3, -0.25) is 0 Å². The minimum absolute atomic E-state index is 0.449. The summed E-state index contributed by atoms with van der Waals surface area (Å²) in [5.74, 6) is 0.737. The summed E-state index contributed by atoms with van der Waals surface area (Å²) >= 11 is 6.05. The van der Waals surface area contributed by atoms with Crippen molar-refractivity contribution in [2.24, 2.45) is 0 Å². The van der Waals surface area contributed by atoms with Crippen molar-refractivity contribution in [2.45, 2.75) is 13.5 Å². The number of halogens is 1. The molecule has 0 aliphatic heterocycles. The Labute approximate surface area is 106 Å². The van der Waals surface area contributed by atoms with E-state index >= 15 is 0 Å². The lowest BCUT2D eigenvalue weighted by Crippen LogP contribution is -2.23. The Hall–Kier alpha value is -1.61. The van der Waals surface area contributed by atoms with E-state index in [1.165, 1.54) is 5.56 Å². The third-order valence-electron chi connectivity index (χ3n) is 2.53. The molecule has 0 saturated heterocycles. The van der Waals surface area contributed by atoms with E-state index in [0.717, 1.165) is 18.9 Å². The summed E-state index contributed by atoms with van der Waals surface area (Å²) in [6.07, 6.45) is 3.26. The van der Waals surface area contributed by atoms with Gasteiger partial charge in [0.1, 0.15) is 0 Å². The zero-order valence-electron chi connectivity index (χ0n) is 9.68. The lowest BCUT2D eigenvalue weighted by molar-refractivity contribution is 0.809. The van der Waals surface area contributed by atoms with E-state index in [-0.39, 0.29) is 0 Å². The maximum absolute atomic E-state index is 6.05. The number of nitrogens with zero attached hydrogens (tertiary/aromatic N) is 3. The van der Waals surface area contributed by atoms with Crippen LogP contribution in [0.15, 0.2) is 42.7 Å². The molecule has 2 aromatic rings. The third-order valence-corrected chi connectivity index (χ3v) is 2.80. The molecule has 1 aromatic carbocycles. The highest BCUT2D eigenvalue weighted by atomic mass is 35.5. The number of benzene rings is 1. The van der Waals surface area contributed by atoms with E-state index in [9.17, 15) is 0 Å². The van der Waals surface area contributed by atoms with Crippen LogP contribution in [0.1, 0.15) is 12.5 Å². The van der Waals surface area contributed by atoms with Crippen LogP contribution >= 0.6 is 11.6 Å². The second-order valence-corrected chi connectivity index (χ2v) is 4.03. The predicted octanol–water partition coefficient (Wildman–Crippen LogP) is 3.16. The second kappa shape index (κ2) is 5.64. The first-order chi connectivity index (χ1) is 8.31. The van der Waals surface area contributed by atoms with Crippen LogP contribution in [-0.2, 0) is 6.54 Å². The van der Waals surface area contributed by atoms with Gasteiger partial charge in [0.25, 0.3) is 0 Å². The number of hydrogen-bond donors (Lipinski definition) is 0. The van der Waals surface area contributed by atoms with E-state index in [4.69, 9.17) is 11.6 Å². The van der Waals surface area contributed by atoms with E-state index in [2.05, 4.69) is 33.9 Å². The molecule has 1 aromatic heterocycles. The molecule has 1 heterocycles. The minimum atomic E-state index is 0.449. The molecule has 0 unspecified atom stereocenters. The molecule has 0 spiro atoms. The van der Waals surface area contributed by atoms with Gasteiger partial charge in [0, 0.05) is 25.5 Å². The number of hydrogen-bond acceptors (Lipinski definition) is 3. The lowest BCUT2D eigenvalue weighted by Gasteiger charge is -2.22. The van der Waals surface area contributed by atoms with Crippen LogP contribution in [0.4, 0.5) is 5.82 Å². The second-order valence-electron chi connectivity index (χ2n) is 3.67. The van der Waals surface area contributed by atoms with Crippen molar-refractivity contribution >= 4 is 17.4 Å². The number of anilines is 1. The molecular formula is C13H14ClN3. The standard InChI is InChI=1S/C13H14ClN3/c1-2-17(10-11-6-4-3-5-7-11)13-12(14)15-8-9-16-13/h3-9H,2,10H2,1H3. The summed E-state index contributed by atoms with van der Waals surface area (Å²) in [7, 11) is 0. The SMILES string of the molecule is CCN(Cc1ccccc1)c1nccnc1Cl. The highest BCUT2D eigenvalue weighted by Crippen LogP contribution is 2.21. The smallest absolute Gasteiger partial charge is 0.171 e. The van der Waals surface area contributed by atoms with Crippen LogP contribution in [0.5, 0.6) is 0 Å². The van der Waals surface area contributed by atoms with Gasteiger partial charge in [0.2, 0.25) is 0 Å². The topological polar surface area (TPSA) is 29.0 Å². The van der Waals surface area contributed by atoms with Crippen LogP contribution < -0.4 is 4.90 Å². The summed E-state index contributed by atoms with van der Waals surface area (Å²) in [5, 5.41) is 0.449. The van der Waals surface area contributed by atoms with Crippen molar-refractivity contribution in [3.8, 4) is 0 Å². The van der Waals surface area contributed by atoms with Gasteiger partial charge >= 0.3 is 0 Å². The fourth-order valence-electron chi connectivity index (χ4n) is 1.67. The van der Waals surface area contributed by atoms with Gasteiger partial charge in [0.05, 0.1) is 0 Å². The molecule has 0 aliphatic rings. The van der Waals surface area contributed by atoms with Gasteiger partial charge < -0.3 is 4.90 Å². The zero-order valence-corrected chi connectivity index (χ0v) is 10.4. The van der Waals surface area contributed by atoms with Crippen molar-refractivity contribution in [1.29, 1.82) is 0 Å². The minimum Gasteiger partial charge on any atom is -0.350 e. The first-order valence-corrected chi connectivity index (χ1v) is 5.94. The molecule has 0 amide bonds.